The van der Waals surface area contributed by atoms with Gasteiger partial charge in [0.1, 0.15) is 11.9 Å². The van der Waals surface area contributed by atoms with Crippen LogP contribution in [0, 0.1) is 5.82 Å². The SMILES string of the molecule is COC(=O)[C@H]1CCCN1C(=O)N(c1ccc(C(C)(C)C)cc1)C(C(=O)O)c1cncc(F)c1. The number of hydrogen-bond acceptors (Lipinski definition) is 5. The third-order valence-electron chi connectivity index (χ3n) is 5.72. The molecular formula is C24H28FN3O5. The number of carbonyl (C=O) groups excluding carboxylic acids is 2. The van der Waals surface area contributed by atoms with Crippen LogP contribution in [0.3, 0.4) is 0 Å². The van der Waals surface area contributed by atoms with E-state index >= 15 is 0 Å². The van der Waals surface area contributed by atoms with Crippen molar-refractivity contribution in [2.75, 3.05) is 18.6 Å². The zero-order valence-corrected chi connectivity index (χ0v) is 19.1. The quantitative estimate of drug-likeness (QED) is 0.684. The van der Waals surface area contributed by atoms with Crippen LogP contribution in [0.4, 0.5) is 14.9 Å². The van der Waals surface area contributed by atoms with Gasteiger partial charge in [0.25, 0.3) is 0 Å². The van der Waals surface area contributed by atoms with Gasteiger partial charge in [-0.15, -0.1) is 0 Å². The Kier molecular flexibility index (Phi) is 7.00. The van der Waals surface area contributed by atoms with Gasteiger partial charge in [-0.25, -0.2) is 18.8 Å². The molecule has 2 heterocycles. The lowest BCUT2D eigenvalue weighted by molar-refractivity contribution is -0.144. The van der Waals surface area contributed by atoms with Crippen LogP contribution in [0.2, 0.25) is 0 Å². The van der Waals surface area contributed by atoms with E-state index in [0.717, 1.165) is 22.7 Å². The van der Waals surface area contributed by atoms with Gasteiger partial charge < -0.3 is 14.7 Å². The number of pyridine rings is 1. The molecule has 0 aliphatic carbocycles. The molecule has 1 aromatic carbocycles. The van der Waals surface area contributed by atoms with E-state index in [4.69, 9.17) is 4.74 Å². The van der Waals surface area contributed by atoms with Gasteiger partial charge in [0.2, 0.25) is 0 Å². The van der Waals surface area contributed by atoms with E-state index in [1.165, 1.54) is 18.2 Å². The van der Waals surface area contributed by atoms with Crippen LogP contribution in [0.15, 0.2) is 42.7 Å². The Labute approximate surface area is 192 Å². The van der Waals surface area contributed by atoms with Gasteiger partial charge in [0.15, 0.2) is 6.04 Å². The summed E-state index contributed by atoms with van der Waals surface area (Å²) >= 11 is 0. The molecule has 0 spiro atoms. The number of anilines is 1. The molecule has 8 nitrogen and oxygen atoms in total. The first kappa shape index (κ1) is 24.2. The van der Waals surface area contributed by atoms with Gasteiger partial charge in [-0.2, -0.15) is 0 Å². The number of urea groups is 1. The van der Waals surface area contributed by atoms with Crippen molar-refractivity contribution in [3.05, 3.63) is 59.7 Å². The summed E-state index contributed by atoms with van der Waals surface area (Å²) in [5, 5.41) is 10.1. The summed E-state index contributed by atoms with van der Waals surface area (Å²) < 4.78 is 18.8. The molecule has 2 amide bonds. The Morgan fingerprint density at radius 3 is 2.42 bits per heavy atom. The Hall–Kier alpha value is -3.49. The first-order valence-corrected chi connectivity index (χ1v) is 10.7. The number of carboxylic acid groups (broad SMARTS) is 1. The fourth-order valence-corrected chi connectivity index (χ4v) is 3.99. The molecule has 1 aliphatic heterocycles. The van der Waals surface area contributed by atoms with Crippen molar-refractivity contribution >= 4 is 23.7 Å². The van der Waals surface area contributed by atoms with E-state index in [1.807, 2.05) is 32.9 Å². The number of carbonyl (C=O) groups is 3. The summed E-state index contributed by atoms with van der Waals surface area (Å²) in [7, 11) is 1.24. The van der Waals surface area contributed by atoms with Crippen LogP contribution in [-0.2, 0) is 19.7 Å². The molecule has 2 atom stereocenters. The zero-order valence-electron chi connectivity index (χ0n) is 19.1. The molecule has 3 rings (SSSR count). The molecule has 1 fully saturated rings. The van der Waals surface area contributed by atoms with Gasteiger partial charge in [0, 0.05) is 24.0 Å². The predicted octanol–water partition coefficient (Wildman–Crippen LogP) is 3.91. The maximum absolute atomic E-state index is 13.9. The standard InChI is InChI=1S/C24H28FN3O5/c1-24(2,3)16-7-9-18(10-8-16)28(20(21(29)30)15-12-17(25)14-26-13-15)23(32)27-11-5-6-19(27)22(31)33-4/h7-10,12-14,19-20H,5-6,11H2,1-4H3,(H,29,30)/t19-,20?/m1/s1. The molecule has 0 bridgehead atoms. The number of methoxy groups -OCH3 is 1. The predicted molar refractivity (Wildman–Crippen MR) is 119 cm³/mol. The molecule has 1 saturated heterocycles. The van der Waals surface area contributed by atoms with Gasteiger partial charge in [-0.1, -0.05) is 32.9 Å². The number of ether oxygens (including phenoxy) is 1. The fraction of sp³-hybridized carbons (Fsp3) is 0.417. The highest BCUT2D eigenvalue weighted by Gasteiger charge is 2.42. The van der Waals surface area contributed by atoms with Crippen LogP contribution in [-0.4, -0.2) is 52.7 Å². The molecule has 1 unspecified atom stereocenters. The van der Waals surface area contributed by atoms with Crippen molar-refractivity contribution < 1.29 is 28.6 Å². The maximum atomic E-state index is 13.9. The molecule has 9 heteroatoms. The summed E-state index contributed by atoms with van der Waals surface area (Å²) in [5.74, 6) is -2.64. The Balaban J connectivity index is 2.12. The highest BCUT2D eigenvalue weighted by Crippen LogP contribution is 2.33. The van der Waals surface area contributed by atoms with Gasteiger partial charge >= 0.3 is 18.0 Å². The third-order valence-corrected chi connectivity index (χ3v) is 5.72. The summed E-state index contributed by atoms with van der Waals surface area (Å²) in [6, 6.07) is 4.94. The second-order valence-electron chi connectivity index (χ2n) is 9.00. The Bertz CT molecular complexity index is 1040. The lowest BCUT2D eigenvalue weighted by atomic mass is 9.87. The average molecular weight is 458 g/mol. The number of aliphatic carboxylic acids is 1. The number of aromatic nitrogens is 1. The van der Waals surface area contributed by atoms with E-state index in [9.17, 15) is 23.9 Å². The number of nitrogens with zero attached hydrogens (tertiary/aromatic N) is 3. The highest BCUT2D eigenvalue weighted by atomic mass is 19.1. The normalized spacial score (nSPS) is 16.9. The minimum absolute atomic E-state index is 0.00422. The average Bonchev–Trinajstić information content (AvgIpc) is 3.25. The number of rotatable bonds is 5. The smallest absolute Gasteiger partial charge is 0.331 e. The number of halogens is 1. The molecule has 176 valence electrons. The topological polar surface area (TPSA) is 100 Å². The second kappa shape index (κ2) is 9.56. The Morgan fingerprint density at radius 2 is 1.88 bits per heavy atom. The van der Waals surface area contributed by atoms with Crippen LogP contribution in [0.25, 0.3) is 0 Å². The van der Waals surface area contributed by atoms with Gasteiger partial charge in [0.05, 0.1) is 13.3 Å². The van der Waals surface area contributed by atoms with Crippen molar-refractivity contribution in [1.82, 2.24) is 9.88 Å². The van der Waals surface area contributed by atoms with Gasteiger partial charge in [-0.05, 0) is 42.0 Å². The third kappa shape index (κ3) is 5.13. The number of esters is 1. The van der Waals surface area contributed by atoms with Crippen molar-refractivity contribution in [2.45, 2.75) is 51.1 Å². The van der Waals surface area contributed by atoms with Crippen LogP contribution >= 0.6 is 0 Å². The molecule has 0 saturated carbocycles. The highest BCUT2D eigenvalue weighted by molar-refractivity contribution is 6.00. The maximum Gasteiger partial charge on any atom is 0.331 e. The first-order valence-electron chi connectivity index (χ1n) is 10.7. The molecule has 2 aromatic rings. The number of carboxylic acids is 1. The van der Waals surface area contributed by atoms with E-state index < -0.39 is 35.9 Å². The van der Waals surface area contributed by atoms with Crippen molar-refractivity contribution in [3.63, 3.8) is 0 Å². The lowest BCUT2D eigenvalue weighted by Crippen LogP contribution is -2.51. The monoisotopic (exact) mass is 457 g/mol. The summed E-state index contributed by atoms with van der Waals surface area (Å²) in [6.45, 7) is 6.38. The summed E-state index contributed by atoms with van der Waals surface area (Å²) in [5.41, 5.74) is 1.15. The molecule has 0 radical (unpaired) electrons. The van der Waals surface area contributed by atoms with Crippen LogP contribution in [0.5, 0.6) is 0 Å². The Morgan fingerprint density at radius 1 is 1.21 bits per heavy atom. The number of likely N-dealkylation sites (tertiary alicyclic amines) is 1. The number of amides is 2. The fourth-order valence-electron chi connectivity index (χ4n) is 3.99. The summed E-state index contributed by atoms with van der Waals surface area (Å²) in [4.78, 5) is 44.5. The van der Waals surface area contributed by atoms with Crippen molar-refractivity contribution in [1.29, 1.82) is 0 Å². The van der Waals surface area contributed by atoms with Crippen LogP contribution in [0.1, 0.15) is 50.8 Å². The molecule has 33 heavy (non-hydrogen) atoms. The number of hydrogen-bond donors (Lipinski definition) is 1. The largest absolute Gasteiger partial charge is 0.479 e. The van der Waals surface area contributed by atoms with E-state index in [2.05, 4.69) is 4.98 Å². The lowest BCUT2D eigenvalue weighted by Gasteiger charge is -2.35. The molecule has 1 aromatic heterocycles. The van der Waals surface area contributed by atoms with Crippen molar-refractivity contribution in [3.8, 4) is 0 Å². The molecular weight excluding hydrogens is 429 g/mol. The first-order chi connectivity index (χ1) is 15.5. The second-order valence-corrected chi connectivity index (χ2v) is 9.00. The van der Waals surface area contributed by atoms with E-state index in [0.29, 0.717) is 18.5 Å². The summed E-state index contributed by atoms with van der Waals surface area (Å²) in [6.07, 6.45) is 3.16. The molecule has 1 N–H and O–H groups in total. The minimum Gasteiger partial charge on any atom is -0.479 e. The van der Waals surface area contributed by atoms with E-state index in [-0.39, 0.29) is 17.5 Å². The number of benzene rings is 1. The zero-order chi connectivity index (χ0) is 24.3. The van der Waals surface area contributed by atoms with Gasteiger partial charge in [-0.3, -0.25) is 9.88 Å². The molecule has 1 aliphatic rings. The van der Waals surface area contributed by atoms with E-state index in [1.54, 1.807) is 12.1 Å². The van der Waals surface area contributed by atoms with Crippen LogP contribution < -0.4 is 4.90 Å². The minimum atomic E-state index is -1.56. The van der Waals surface area contributed by atoms with Crippen molar-refractivity contribution in [2.24, 2.45) is 0 Å².